The maximum absolute atomic E-state index is 11.9. The van der Waals surface area contributed by atoms with Crippen LogP contribution in [0.15, 0.2) is 0 Å². The van der Waals surface area contributed by atoms with Gasteiger partial charge >= 0.3 is 5.97 Å². The molecule has 1 atom stereocenters. The molecule has 0 fully saturated rings. The fraction of sp³-hybridized carbons (Fsp3) is 0.727. The molecule has 17 heavy (non-hydrogen) atoms. The van der Waals surface area contributed by atoms with Crippen LogP contribution < -0.4 is 0 Å². The molecule has 1 aromatic heterocycles. The van der Waals surface area contributed by atoms with E-state index in [1.165, 1.54) is 0 Å². The van der Waals surface area contributed by atoms with E-state index in [0.717, 1.165) is 0 Å². The molecule has 0 aliphatic carbocycles. The highest BCUT2D eigenvalue weighted by atomic mass is 16.6. The van der Waals surface area contributed by atoms with Crippen LogP contribution >= 0.6 is 0 Å². The quantitative estimate of drug-likeness (QED) is 0.808. The van der Waals surface area contributed by atoms with Crippen LogP contribution in [0.4, 0.5) is 0 Å². The molecule has 1 unspecified atom stereocenters. The number of nitrogens with one attached hydrogen (secondary N) is 1. The topological polar surface area (TPSA) is 77.1 Å². The molecule has 0 spiro atoms. The van der Waals surface area contributed by atoms with Crippen LogP contribution in [0.2, 0.25) is 0 Å². The number of hydrogen-bond acceptors (Lipinski definition) is 5. The molecule has 0 aliphatic rings. The molecule has 0 amide bonds. The lowest BCUT2D eigenvalue weighted by molar-refractivity contribution is 0.00606. The summed E-state index contributed by atoms with van der Waals surface area (Å²) in [7, 11) is 1.60. The number of hydrogen-bond donors (Lipinski definition) is 1. The van der Waals surface area contributed by atoms with Gasteiger partial charge < -0.3 is 9.47 Å². The molecule has 0 radical (unpaired) electrons. The van der Waals surface area contributed by atoms with Gasteiger partial charge in [-0.15, -0.1) is 5.10 Å². The molecule has 1 heterocycles. The van der Waals surface area contributed by atoms with E-state index >= 15 is 0 Å². The fourth-order valence-corrected chi connectivity index (χ4v) is 1.39. The van der Waals surface area contributed by atoms with Crippen LogP contribution in [0, 0.1) is 0 Å². The minimum atomic E-state index is -0.544. The molecule has 1 N–H and O–H groups in total. The zero-order valence-corrected chi connectivity index (χ0v) is 10.9. The molecule has 1 aromatic rings. The minimum absolute atomic E-state index is 0.0127. The first kappa shape index (κ1) is 13.6. The molecule has 1 rings (SSSR count). The van der Waals surface area contributed by atoms with E-state index in [4.69, 9.17) is 9.47 Å². The number of aromatic nitrogens is 3. The Labute approximate surface area is 101 Å². The van der Waals surface area contributed by atoms with Crippen LogP contribution in [0.3, 0.4) is 0 Å². The zero-order chi connectivity index (χ0) is 13.1. The molecular formula is C11H19N3O3. The molecular weight excluding hydrogens is 222 g/mol. The van der Waals surface area contributed by atoms with Crippen molar-refractivity contribution >= 4 is 5.97 Å². The highest BCUT2D eigenvalue weighted by molar-refractivity contribution is 5.88. The third kappa shape index (κ3) is 3.81. The van der Waals surface area contributed by atoms with Crippen molar-refractivity contribution in [3.8, 4) is 0 Å². The van der Waals surface area contributed by atoms with Gasteiger partial charge in [0.15, 0.2) is 5.69 Å². The number of nitrogens with zero attached hydrogens (tertiary/aromatic N) is 2. The van der Waals surface area contributed by atoms with Gasteiger partial charge in [0, 0.05) is 13.0 Å². The first-order chi connectivity index (χ1) is 7.85. The lowest BCUT2D eigenvalue weighted by atomic mass is 10.1. The Morgan fingerprint density at radius 2 is 2.06 bits per heavy atom. The Morgan fingerprint density at radius 1 is 1.41 bits per heavy atom. The van der Waals surface area contributed by atoms with E-state index in [0.29, 0.717) is 12.3 Å². The van der Waals surface area contributed by atoms with Crippen LogP contribution in [-0.4, -0.2) is 40.7 Å². The Balaban J connectivity index is 2.85. The predicted molar refractivity (Wildman–Crippen MR) is 61.8 cm³/mol. The normalized spacial score (nSPS) is 13.5. The van der Waals surface area contributed by atoms with E-state index in [9.17, 15) is 4.79 Å². The van der Waals surface area contributed by atoms with Crippen LogP contribution in [-0.2, 0) is 9.47 Å². The smallest absolute Gasteiger partial charge is 0.361 e. The van der Waals surface area contributed by atoms with E-state index in [1.54, 1.807) is 7.11 Å². The molecule has 0 aliphatic heterocycles. The van der Waals surface area contributed by atoms with E-state index in [-0.39, 0.29) is 11.6 Å². The van der Waals surface area contributed by atoms with E-state index in [1.807, 2.05) is 27.7 Å². The maximum atomic E-state index is 11.9. The molecule has 0 aromatic carbocycles. The van der Waals surface area contributed by atoms with Gasteiger partial charge in [0.05, 0.1) is 6.61 Å². The van der Waals surface area contributed by atoms with Crippen molar-refractivity contribution in [1.82, 2.24) is 15.4 Å². The van der Waals surface area contributed by atoms with Gasteiger partial charge in [0.2, 0.25) is 0 Å². The summed E-state index contributed by atoms with van der Waals surface area (Å²) < 4.78 is 10.3. The lowest BCUT2D eigenvalue weighted by Crippen LogP contribution is -2.25. The lowest BCUT2D eigenvalue weighted by Gasteiger charge is -2.19. The second-order valence-electron chi connectivity index (χ2n) is 4.92. The second-order valence-corrected chi connectivity index (χ2v) is 4.92. The molecule has 0 bridgehead atoms. The molecule has 0 saturated heterocycles. The number of carbonyl (C=O) groups is 1. The number of ether oxygens (including phenoxy) is 2. The highest BCUT2D eigenvalue weighted by Crippen LogP contribution is 2.18. The molecule has 96 valence electrons. The average molecular weight is 241 g/mol. The van der Waals surface area contributed by atoms with E-state index in [2.05, 4.69) is 15.4 Å². The van der Waals surface area contributed by atoms with Crippen LogP contribution in [0.1, 0.15) is 49.8 Å². The Hall–Kier alpha value is -1.43. The Kier molecular flexibility index (Phi) is 4.22. The predicted octanol–water partition coefficient (Wildman–Crippen LogP) is 1.51. The van der Waals surface area contributed by atoms with Crippen molar-refractivity contribution in [3.63, 3.8) is 0 Å². The Bertz CT molecular complexity index is 382. The van der Waals surface area contributed by atoms with Crippen LogP contribution in [0.25, 0.3) is 0 Å². The van der Waals surface area contributed by atoms with Gasteiger partial charge in [-0.2, -0.15) is 10.3 Å². The maximum Gasteiger partial charge on any atom is 0.361 e. The number of H-pyrrole nitrogens is 1. The number of methoxy groups -OCH3 is 1. The van der Waals surface area contributed by atoms with Crippen molar-refractivity contribution < 1.29 is 14.3 Å². The standard InChI is InChI=1S/C11H19N3O3/c1-7(6-16-5)8-9(13-14-12-8)10(15)17-11(2,3)4/h7H,6H2,1-5H3,(H,12,13,14). The van der Waals surface area contributed by atoms with Gasteiger partial charge in [-0.3, -0.25) is 0 Å². The minimum Gasteiger partial charge on any atom is -0.455 e. The van der Waals surface area contributed by atoms with Crippen molar-refractivity contribution in [2.24, 2.45) is 0 Å². The summed E-state index contributed by atoms with van der Waals surface area (Å²) in [6, 6.07) is 0. The molecule has 6 nitrogen and oxygen atoms in total. The van der Waals surface area contributed by atoms with Crippen molar-refractivity contribution in [2.75, 3.05) is 13.7 Å². The van der Waals surface area contributed by atoms with Gasteiger partial charge in [-0.1, -0.05) is 6.92 Å². The first-order valence-corrected chi connectivity index (χ1v) is 5.48. The van der Waals surface area contributed by atoms with Crippen molar-refractivity contribution in [2.45, 2.75) is 39.2 Å². The van der Waals surface area contributed by atoms with Gasteiger partial charge in [0.1, 0.15) is 11.3 Å². The molecule has 6 heteroatoms. The van der Waals surface area contributed by atoms with Crippen molar-refractivity contribution in [3.05, 3.63) is 11.4 Å². The van der Waals surface area contributed by atoms with Gasteiger partial charge in [-0.05, 0) is 20.8 Å². The largest absolute Gasteiger partial charge is 0.455 e. The summed E-state index contributed by atoms with van der Waals surface area (Å²) in [5.74, 6) is -0.481. The monoisotopic (exact) mass is 241 g/mol. The summed E-state index contributed by atoms with van der Waals surface area (Å²) >= 11 is 0. The number of rotatable bonds is 4. The Morgan fingerprint density at radius 3 is 2.59 bits per heavy atom. The second kappa shape index (κ2) is 5.27. The van der Waals surface area contributed by atoms with Gasteiger partial charge in [0.25, 0.3) is 0 Å². The summed E-state index contributed by atoms with van der Waals surface area (Å²) in [4.78, 5) is 11.9. The number of carbonyl (C=O) groups excluding carboxylic acids is 1. The average Bonchev–Trinajstić information content (AvgIpc) is 2.63. The number of esters is 1. The first-order valence-electron chi connectivity index (χ1n) is 5.48. The SMILES string of the molecule is COCC(C)c1n[nH]nc1C(=O)OC(C)(C)C. The van der Waals surface area contributed by atoms with Crippen molar-refractivity contribution in [1.29, 1.82) is 0 Å². The fourth-order valence-electron chi connectivity index (χ4n) is 1.39. The third-order valence-corrected chi connectivity index (χ3v) is 2.05. The van der Waals surface area contributed by atoms with Gasteiger partial charge in [-0.25, -0.2) is 4.79 Å². The van der Waals surface area contributed by atoms with Crippen LogP contribution in [0.5, 0.6) is 0 Å². The summed E-state index contributed by atoms with van der Waals surface area (Å²) in [5.41, 5.74) is 0.253. The third-order valence-electron chi connectivity index (χ3n) is 2.05. The summed E-state index contributed by atoms with van der Waals surface area (Å²) in [6.45, 7) is 7.81. The molecule has 0 saturated carbocycles. The number of aromatic amines is 1. The summed E-state index contributed by atoms with van der Waals surface area (Å²) in [6.07, 6.45) is 0. The highest BCUT2D eigenvalue weighted by Gasteiger charge is 2.25. The summed E-state index contributed by atoms with van der Waals surface area (Å²) in [5, 5.41) is 10.3. The zero-order valence-electron chi connectivity index (χ0n) is 10.9. The van der Waals surface area contributed by atoms with E-state index < -0.39 is 11.6 Å².